The highest BCUT2D eigenvalue weighted by atomic mass is 32.2. The summed E-state index contributed by atoms with van der Waals surface area (Å²) in [6, 6.07) is 0.833. The van der Waals surface area contributed by atoms with E-state index in [1.165, 1.54) is 4.90 Å². The fourth-order valence-corrected chi connectivity index (χ4v) is 1.95. The molecule has 0 spiro atoms. The molecule has 0 atom stereocenters. The molecule has 0 radical (unpaired) electrons. The first-order valence-electron chi connectivity index (χ1n) is 5.54. The van der Waals surface area contributed by atoms with Gasteiger partial charge in [0.05, 0.1) is 0 Å². The van der Waals surface area contributed by atoms with Gasteiger partial charge < -0.3 is 4.90 Å². The van der Waals surface area contributed by atoms with Gasteiger partial charge in [0.1, 0.15) is 5.69 Å². The van der Waals surface area contributed by atoms with Gasteiger partial charge in [0, 0.05) is 32.5 Å². The molecular formula is C11H14F3N3OS. The topological polar surface area (TPSA) is 46.1 Å². The van der Waals surface area contributed by atoms with E-state index in [-0.39, 0.29) is 11.1 Å². The molecule has 0 N–H and O–H groups in total. The number of thioether (sulfide) groups is 1. The Morgan fingerprint density at radius 1 is 1.42 bits per heavy atom. The van der Waals surface area contributed by atoms with Crippen molar-refractivity contribution >= 4 is 17.7 Å². The van der Waals surface area contributed by atoms with Crippen molar-refractivity contribution in [3.8, 4) is 0 Å². The smallest absolute Gasteiger partial charge is 0.349 e. The van der Waals surface area contributed by atoms with Gasteiger partial charge in [-0.3, -0.25) is 4.79 Å². The standard InChI is InChI=1S/C11H14F3N3OS/c1-17(2)9(18)4-3-7-19-10-15-6-5-8(16-10)11(12,13)14/h5-6H,3-4,7H2,1-2H3. The Morgan fingerprint density at radius 2 is 2.11 bits per heavy atom. The zero-order valence-electron chi connectivity index (χ0n) is 10.6. The number of rotatable bonds is 5. The first-order valence-corrected chi connectivity index (χ1v) is 6.52. The number of amides is 1. The highest BCUT2D eigenvalue weighted by molar-refractivity contribution is 7.99. The maximum atomic E-state index is 12.4. The highest BCUT2D eigenvalue weighted by Gasteiger charge is 2.32. The van der Waals surface area contributed by atoms with Gasteiger partial charge in [-0.2, -0.15) is 13.2 Å². The van der Waals surface area contributed by atoms with E-state index in [4.69, 9.17) is 0 Å². The van der Waals surface area contributed by atoms with E-state index in [1.54, 1.807) is 14.1 Å². The van der Waals surface area contributed by atoms with Gasteiger partial charge in [-0.05, 0) is 12.5 Å². The summed E-state index contributed by atoms with van der Waals surface area (Å²) in [4.78, 5) is 19.9. The number of hydrogen-bond donors (Lipinski definition) is 0. The SMILES string of the molecule is CN(C)C(=O)CCCSc1nccc(C(F)(F)F)n1. The van der Waals surface area contributed by atoms with Crippen molar-refractivity contribution in [1.82, 2.24) is 14.9 Å². The molecule has 8 heteroatoms. The first-order chi connectivity index (χ1) is 8.80. The van der Waals surface area contributed by atoms with Crippen LogP contribution in [0.3, 0.4) is 0 Å². The molecule has 0 aliphatic carbocycles. The molecule has 1 heterocycles. The Hall–Kier alpha value is -1.31. The Balaban J connectivity index is 2.44. The average Bonchev–Trinajstić information content (AvgIpc) is 2.33. The second-order valence-electron chi connectivity index (χ2n) is 3.96. The molecule has 1 amide bonds. The molecular weight excluding hydrogens is 279 g/mol. The van der Waals surface area contributed by atoms with Crippen LogP contribution in [0.25, 0.3) is 0 Å². The van der Waals surface area contributed by atoms with Gasteiger partial charge in [0.2, 0.25) is 5.91 Å². The van der Waals surface area contributed by atoms with Crippen LogP contribution in [0, 0.1) is 0 Å². The number of halogens is 3. The third-order valence-electron chi connectivity index (χ3n) is 2.19. The summed E-state index contributed by atoms with van der Waals surface area (Å²) >= 11 is 1.11. The third kappa shape index (κ3) is 5.46. The van der Waals surface area contributed by atoms with E-state index in [2.05, 4.69) is 9.97 Å². The third-order valence-corrected chi connectivity index (χ3v) is 3.14. The largest absolute Gasteiger partial charge is 0.433 e. The van der Waals surface area contributed by atoms with Crippen molar-refractivity contribution in [1.29, 1.82) is 0 Å². The lowest BCUT2D eigenvalue weighted by Crippen LogP contribution is -2.21. The van der Waals surface area contributed by atoms with Gasteiger partial charge >= 0.3 is 6.18 Å². The summed E-state index contributed by atoms with van der Waals surface area (Å²) in [5.41, 5.74) is -0.950. The predicted octanol–water partition coefficient (Wildman–Crippen LogP) is 2.46. The second-order valence-corrected chi connectivity index (χ2v) is 5.02. The van der Waals surface area contributed by atoms with Gasteiger partial charge in [0.25, 0.3) is 0 Å². The van der Waals surface area contributed by atoms with Gasteiger partial charge in [-0.25, -0.2) is 9.97 Å². The average molecular weight is 293 g/mol. The lowest BCUT2D eigenvalue weighted by atomic mass is 10.3. The minimum absolute atomic E-state index is 0.00874. The molecule has 0 aromatic carbocycles. The van der Waals surface area contributed by atoms with Crippen LogP contribution in [0.2, 0.25) is 0 Å². The minimum Gasteiger partial charge on any atom is -0.349 e. The number of hydrogen-bond acceptors (Lipinski definition) is 4. The van der Waals surface area contributed by atoms with Crippen molar-refractivity contribution in [2.24, 2.45) is 0 Å². The van der Waals surface area contributed by atoms with Crippen LogP contribution < -0.4 is 0 Å². The Kier molecular flexibility index (Phi) is 5.59. The summed E-state index contributed by atoms with van der Waals surface area (Å²) in [5.74, 6) is 0.492. The van der Waals surface area contributed by atoms with Crippen molar-refractivity contribution in [2.45, 2.75) is 24.2 Å². The molecule has 4 nitrogen and oxygen atoms in total. The van der Waals surface area contributed by atoms with Crippen LogP contribution in [0.5, 0.6) is 0 Å². The molecule has 0 aliphatic rings. The number of alkyl halides is 3. The molecule has 0 fully saturated rings. The highest BCUT2D eigenvalue weighted by Crippen LogP contribution is 2.28. The summed E-state index contributed by atoms with van der Waals surface area (Å²) < 4.78 is 37.2. The second kappa shape index (κ2) is 6.74. The lowest BCUT2D eigenvalue weighted by molar-refractivity contribution is -0.141. The Labute approximate surface area is 113 Å². The molecule has 19 heavy (non-hydrogen) atoms. The van der Waals surface area contributed by atoms with Crippen LogP contribution >= 0.6 is 11.8 Å². The van der Waals surface area contributed by atoms with Gasteiger partial charge in [0.15, 0.2) is 5.16 Å². The van der Waals surface area contributed by atoms with E-state index in [9.17, 15) is 18.0 Å². The van der Waals surface area contributed by atoms with Gasteiger partial charge in [-0.15, -0.1) is 0 Å². The van der Waals surface area contributed by atoms with Crippen LogP contribution in [-0.4, -0.2) is 40.6 Å². The summed E-state index contributed by atoms with van der Waals surface area (Å²) in [6.07, 6.45) is -2.44. The number of carbonyl (C=O) groups excluding carboxylic acids is 1. The van der Waals surface area contributed by atoms with E-state index in [0.717, 1.165) is 24.0 Å². The predicted molar refractivity (Wildman–Crippen MR) is 65.7 cm³/mol. The Morgan fingerprint density at radius 3 is 2.68 bits per heavy atom. The molecule has 0 saturated carbocycles. The molecule has 0 aliphatic heterocycles. The lowest BCUT2D eigenvalue weighted by Gasteiger charge is -2.09. The first kappa shape index (κ1) is 15.7. The van der Waals surface area contributed by atoms with Crippen molar-refractivity contribution in [3.05, 3.63) is 18.0 Å². The molecule has 1 aromatic rings. The van der Waals surface area contributed by atoms with E-state index < -0.39 is 11.9 Å². The van der Waals surface area contributed by atoms with E-state index >= 15 is 0 Å². The van der Waals surface area contributed by atoms with E-state index in [0.29, 0.717) is 18.6 Å². The molecule has 0 saturated heterocycles. The molecule has 0 unspecified atom stereocenters. The van der Waals surface area contributed by atoms with Crippen LogP contribution in [0.4, 0.5) is 13.2 Å². The molecule has 1 aromatic heterocycles. The summed E-state index contributed by atoms with van der Waals surface area (Å²) in [7, 11) is 3.32. The minimum atomic E-state index is -4.46. The Bertz CT molecular complexity index is 437. The fourth-order valence-electron chi connectivity index (χ4n) is 1.18. The van der Waals surface area contributed by atoms with Crippen molar-refractivity contribution in [3.63, 3.8) is 0 Å². The number of carbonyl (C=O) groups is 1. The zero-order valence-corrected chi connectivity index (χ0v) is 11.4. The number of nitrogens with zero attached hydrogens (tertiary/aromatic N) is 3. The molecule has 0 bridgehead atoms. The van der Waals surface area contributed by atoms with Crippen LogP contribution in [-0.2, 0) is 11.0 Å². The van der Waals surface area contributed by atoms with E-state index in [1.807, 2.05) is 0 Å². The maximum Gasteiger partial charge on any atom is 0.433 e. The zero-order chi connectivity index (χ0) is 14.5. The maximum absolute atomic E-state index is 12.4. The normalized spacial score (nSPS) is 11.4. The van der Waals surface area contributed by atoms with Crippen molar-refractivity contribution in [2.75, 3.05) is 19.8 Å². The fraction of sp³-hybridized carbons (Fsp3) is 0.545. The quantitative estimate of drug-likeness (QED) is 0.475. The summed E-state index contributed by atoms with van der Waals surface area (Å²) in [6.45, 7) is 0. The van der Waals surface area contributed by atoms with Crippen molar-refractivity contribution < 1.29 is 18.0 Å². The summed E-state index contributed by atoms with van der Waals surface area (Å²) in [5, 5.41) is 0.0760. The van der Waals surface area contributed by atoms with Gasteiger partial charge in [-0.1, -0.05) is 11.8 Å². The number of aromatic nitrogens is 2. The monoisotopic (exact) mass is 293 g/mol. The molecule has 1 rings (SSSR count). The molecule has 106 valence electrons. The van der Waals surface area contributed by atoms with Crippen LogP contribution in [0.1, 0.15) is 18.5 Å². The van der Waals surface area contributed by atoms with Crippen LogP contribution in [0.15, 0.2) is 17.4 Å².